The molecule has 4 heteroatoms. The van der Waals surface area contributed by atoms with Crippen LogP contribution in [0.3, 0.4) is 0 Å². The van der Waals surface area contributed by atoms with Gasteiger partial charge in [0.1, 0.15) is 5.75 Å². The third-order valence-electron chi connectivity index (χ3n) is 3.82. The number of benzene rings is 1. The summed E-state index contributed by atoms with van der Waals surface area (Å²) in [4.78, 5) is 6.68. The molecule has 21 heavy (non-hydrogen) atoms. The van der Waals surface area contributed by atoms with Crippen molar-refractivity contribution in [3.8, 4) is 5.75 Å². The summed E-state index contributed by atoms with van der Waals surface area (Å²) >= 11 is 0. The highest BCUT2D eigenvalue weighted by molar-refractivity contribution is 5.81. The minimum absolute atomic E-state index is 0.162. The molecule has 0 saturated carbocycles. The van der Waals surface area contributed by atoms with Gasteiger partial charge in [-0.1, -0.05) is 26.0 Å². The van der Waals surface area contributed by atoms with E-state index in [9.17, 15) is 0 Å². The molecule has 1 aliphatic heterocycles. The van der Waals surface area contributed by atoms with Crippen LogP contribution in [-0.4, -0.2) is 30.1 Å². The number of hydrogen-bond donors (Lipinski definition) is 1. The van der Waals surface area contributed by atoms with Crippen LogP contribution in [0.25, 0.3) is 0 Å². The van der Waals surface area contributed by atoms with Gasteiger partial charge in [0.25, 0.3) is 0 Å². The lowest BCUT2D eigenvalue weighted by molar-refractivity contribution is 0.203. The minimum atomic E-state index is -0.162. The second kappa shape index (κ2) is 5.96. The summed E-state index contributed by atoms with van der Waals surface area (Å²) < 4.78 is 5.71. The third kappa shape index (κ3) is 3.31. The molecule has 0 fully saturated rings. The predicted molar refractivity (Wildman–Crippen MR) is 87.6 cm³/mol. The zero-order valence-corrected chi connectivity index (χ0v) is 13.8. The quantitative estimate of drug-likeness (QED) is 0.906. The molecule has 4 nitrogen and oxygen atoms in total. The number of rotatable bonds is 5. The second-order valence-electron chi connectivity index (χ2n) is 6.64. The highest BCUT2D eigenvalue weighted by Gasteiger charge is 2.39. The molecule has 1 atom stereocenters. The number of ether oxygens (including phenoxy) is 1. The van der Waals surface area contributed by atoms with Crippen LogP contribution in [0.4, 0.5) is 0 Å². The summed E-state index contributed by atoms with van der Waals surface area (Å²) in [5.74, 6) is 2.09. The van der Waals surface area contributed by atoms with Crippen molar-refractivity contribution in [1.82, 2.24) is 4.90 Å². The first-order valence-corrected chi connectivity index (χ1v) is 7.67. The Morgan fingerprint density at radius 2 is 1.86 bits per heavy atom. The van der Waals surface area contributed by atoms with E-state index in [1.54, 1.807) is 0 Å². The molecule has 0 aromatic heterocycles. The van der Waals surface area contributed by atoms with Crippen LogP contribution in [0.1, 0.15) is 40.2 Å². The number of nitrogens with zero attached hydrogens (tertiary/aromatic N) is 2. The van der Waals surface area contributed by atoms with Crippen molar-refractivity contribution < 1.29 is 4.74 Å². The average Bonchev–Trinajstić information content (AvgIpc) is 2.68. The number of nitrogens with two attached hydrogens (primary N) is 1. The van der Waals surface area contributed by atoms with E-state index in [1.165, 1.54) is 5.56 Å². The molecule has 2 N–H and O–H groups in total. The van der Waals surface area contributed by atoms with Gasteiger partial charge in [-0.05, 0) is 44.4 Å². The Bertz CT molecular complexity index is 507. The van der Waals surface area contributed by atoms with Gasteiger partial charge in [-0.3, -0.25) is 4.99 Å². The van der Waals surface area contributed by atoms with Gasteiger partial charge in [-0.2, -0.15) is 0 Å². The molecule has 0 spiro atoms. The van der Waals surface area contributed by atoms with Crippen LogP contribution in [0, 0.1) is 5.92 Å². The van der Waals surface area contributed by atoms with E-state index < -0.39 is 0 Å². The lowest BCUT2D eigenvalue weighted by Gasteiger charge is -2.37. The van der Waals surface area contributed by atoms with Crippen LogP contribution < -0.4 is 10.5 Å². The maximum Gasteiger partial charge on any atom is 0.192 e. The molecule has 0 bridgehead atoms. The summed E-state index contributed by atoms with van der Waals surface area (Å²) in [5, 5.41) is 0. The van der Waals surface area contributed by atoms with Gasteiger partial charge in [-0.15, -0.1) is 0 Å². The van der Waals surface area contributed by atoms with Crippen molar-refractivity contribution in [2.45, 2.75) is 46.3 Å². The second-order valence-corrected chi connectivity index (χ2v) is 6.64. The van der Waals surface area contributed by atoms with Crippen molar-refractivity contribution in [2.24, 2.45) is 16.6 Å². The van der Waals surface area contributed by atoms with Gasteiger partial charge >= 0.3 is 0 Å². The van der Waals surface area contributed by atoms with Gasteiger partial charge < -0.3 is 15.4 Å². The first-order chi connectivity index (χ1) is 9.83. The molecular formula is C17H27N3O. The van der Waals surface area contributed by atoms with Gasteiger partial charge in [0.05, 0.1) is 18.2 Å². The fraction of sp³-hybridized carbons (Fsp3) is 0.588. The molecule has 0 radical (unpaired) electrons. The van der Waals surface area contributed by atoms with Crippen molar-refractivity contribution in [1.29, 1.82) is 0 Å². The standard InChI is InChI=1S/C17H27N3O/c1-12(2)10-20-16(18)19-11-17(20,5)14-6-8-15(9-7-14)21-13(3)4/h6-9,12-13H,10-11H2,1-5H3,(H2,18,19). The van der Waals surface area contributed by atoms with Crippen LogP contribution in [0.15, 0.2) is 29.3 Å². The molecule has 116 valence electrons. The molecule has 1 aromatic carbocycles. The summed E-state index contributed by atoms with van der Waals surface area (Å²) in [6.45, 7) is 12.3. The smallest absolute Gasteiger partial charge is 0.192 e. The van der Waals surface area contributed by atoms with Gasteiger partial charge in [0.15, 0.2) is 5.96 Å². The van der Waals surface area contributed by atoms with Crippen molar-refractivity contribution >= 4 is 5.96 Å². The summed E-state index contributed by atoms with van der Waals surface area (Å²) in [6, 6.07) is 8.31. The minimum Gasteiger partial charge on any atom is -0.491 e. The lowest BCUT2D eigenvalue weighted by atomic mass is 9.90. The van der Waals surface area contributed by atoms with Crippen molar-refractivity contribution in [3.63, 3.8) is 0 Å². The first kappa shape index (κ1) is 15.7. The van der Waals surface area contributed by atoms with Crippen molar-refractivity contribution in [3.05, 3.63) is 29.8 Å². The molecule has 1 aromatic rings. The van der Waals surface area contributed by atoms with E-state index in [2.05, 4.69) is 42.8 Å². The molecule has 0 aliphatic carbocycles. The Hall–Kier alpha value is -1.71. The van der Waals surface area contributed by atoms with Crippen LogP contribution in [0.5, 0.6) is 5.75 Å². The normalized spacial score (nSPS) is 22.0. The maximum atomic E-state index is 6.09. The molecule has 1 heterocycles. The summed E-state index contributed by atoms with van der Waals surface area (Å²) in [5.41, 5.74) is 7.15. The van der Waals surface area contributed by atoms with E-state index in [0.29, 0.717) is 18.4 Å². The number of hydrogen-bond acceptors (Lipinski definition) is 4. The number of guanidine groups is 1. The molecule has 0 saturated heterocycles. The number of aliphatic imine (C=N–C) groups is 1. The molecule has 1 aliphatic rings. The SMILES string of the molecule is CC(C)CN1C(N)=NCC1(C)c1ccc(OC(C)C)cc1. The highest BCUT2D eigenvalue weighted by atomic mass is 16.5. The van der Waals surface area contributed by atoms with E-state index in [-0.39, 0.29) is 11.6 Å². The van der Waals surface area contributed by atoms with Gasteiger partial charge in [0.2, 0.25) is 0 Å². The van der Waals surface area contributed by atoms with Crippen molar-refractivity contribution in [2.75, 3.05) is 13.1 Å². The fourth-order valence-corrected chi connectivity index (χ4v) is 2.73. The topological polar surface area (TPSA) is 50.8 Å². The molecule has 0 amide bonds. The first-order valence-electron chi connectivity index (χ1n) is 7.67. The fourth-order valence-electron chi connectivity index (χ4n) is 2.73. The largest absolute Gasteiger partial charge is 0.491 e. The van der Waals surface area contributed by atoms with E-state index in [0.717, 1.165) is 12.3 Å². The van der Waals surface area contributed by atoms with E-state index in [4.69, 9.17) is 10.5 Å². The lowest BCUT2D eigenvalue weighted by Crippen LogP contribution is -2.48. The molecule has 1 unspecified atom stereocenters. The zero-order valence-electron chi connectivity index (χ0n) is 13.8. The monoisotopic (exact) mass is 289 g/mol. The highest BCUT2D eigenvalue weighted by Crippen LogP contribution is 2.34. The van der Waals surface area contributed by atoms with E-state index >= 15 is 0 Å². The predicted octanol–water partition coefficient (Wildman–Crippen LogP) is 2.98. The molecule has 2 rings (SSSR count). The summed E-state index contributed by atoms with van der Waals surface area (Å²) in [6.07, 6.45) is 0.189. The van der Waals surface area contributed by atoms with E-state index in [1.807, 2.05) is 26.0 Å². The Balaban J connectivity index is 2.22. The summed E-state index contributed by atoms with van der Waals surface area (Å²) in [7, 11) is 0. The van der Waals surface area contributed by atoms with Gasteiger partial charge in [-0.25, -0.2) is 0 Å². The Labute approximate surface area is 128 Å². The average molecular weight is 289 g/mol. The molecular weight excluding hydrogens is 262 g/mol. The maximum absolute atomic E-state index is 6.09. The van der Waals surface area contributed by atoms with Crippen LogP contribution in [-0.2, 0) is 5.54 Å². The van der Waals surface area contributed by atoms with Crippen LogP contribution in [0.2, 0.25) is 0 Å². The van der Waals surface area contributed by atoms with Crippen LogP contribution >= 0.6 is 0 Å². The Morgan fingerprint density at radius 3 is 2.38 bits per heavy atom. The van der Waals surface area contributed by atoms with Gasteiger partial charge in [0, 0.05) is 6.54 Å². The zero-order chi connectivity index (χ0) is 15.6. The third-order valence-corrected chi connectivity index (χ3v) is 3.82. The Morgan fingerprint density at radius 1 is 1.24 bits per heavy atom. The Kier molecular flexibility index (Phi) is 4.45.